The van der Waals surface area contributed by atoms with Gasteiger partial charge in [-0.2, -0.15) is 5.26 Å². The van der Waals surface area contributed by atoms with Crippen LogP contribution in [0.25, 0.3) is 6.08 Å². The summed E-state index contributed by atoms with van der Waals surface area (Å²) >= 11 is 0. The minimum Gasteiger partial charge on any atom is -0.497 e. The lowest BCUT2D eigenvalue weighted by molar-refractivity contribution is 0.402. The van der Waals surface area contributed by atoms with Gasteiger partial charge < -0.3 is 14.7 Å². The lowest BCUT2D eigenvalue weighted by Crippen LogP contribution is -2.24. The summed E-state index contributed by atoms with van der Waals surface area (Å²) in [6.07, 6.45) is 3.96. The van der Waals surface area contributed by atoms with E-state index in [0.29, 0.717) is 24.1 Å². The first-order valence-electron chi connectivity index (χ1n) is 8.60. The number of anilines is 1. The molecule has 0 radical (unpaired) electrons. The van der Waals surface area contributed by atoms with Gasteiger partial charge in [-0.15, -0.1) is 5.73 Å². The van der Waals surface area contributed by atoms with Crippen LogP contribution >= 0.6 is 0 Å². The highest BCUT2D eigenvalue weighted by Gasteiger charge is 2.16. The summed E-state index contributed by atoms with van der Waals surface area (Å²) in [5.41, 5.74) is 4.38. The van der Waals surface area contributed by atoms with E-state index in [4.69, 9.17) is 4.74 Å². The van der Waals surface area contributed by atoms with Crippen LogP contribution in [0.5, 0.6) is 11.6 Å². The molecule has 0 aliphatic heterocycles. The van der Waals surface area contributed by atoms with Gasteiger partial charge in [-0.1, -0.05) is 6.92 Å². The molecule has 0 spiro atoms. The van der Waals surface area contributed by atoms with Crippen LogP contribution in [-0.2, 0) is 6.54 Å². The Kier molecular flexibility index (Phi) is 6.48. The zero-order valence-corrected chi connectivity index (χ0v) is 16.0. The number of nitriles is 1. The normalized spacial score (nSPS) is 9.89. The number of nitrogens with zero attached hydrogens (tertiary/aromatic N) is 3. The first-order valence-corrected chi connectivity index (χ1v) is 8.60. The first-order chi connectivity index (χ1) is 12.9. The van der Waals surface area contributed by atoms with Crippen LogP contribution in [0.15, 0.2) is 41.0 Å². The molecule has 0 unspecified atom stereocenters. The summed E-state index contributed by atoms with van der Waals surface area (Å²) in [4.78, 5) is 14.2. The van der Waals surface area contributed by atoms with E-state index in [0.717, 1.165) is 11.4 Å². The van der Waals surface area contributed by atoms with E-state index in [-0.39, 0.29) is 11.4 Å². The van der Waals surface area contributed by atoms with Gasteiger partial charge in [0, 0.05) is 31.0 Å². The second kappa shape index (κ2) is 8.79. The predicted octanol–water partition coefficient (Wildman–Crippen LogP) is 3.41. The molecule has 6 heteroatoms. The Morgan fingerprint density at radius 3 is 2.56 bits per heavy atom. The number of hydrogen-bond acceptors (Lipinski definition) is 5. The van der Waals surface area contributed by atoms with E-state index in [1.807, 2.05) is 49.2 Å². The SMILES string of the molecule is CCCn1c(O)c(C=C=CN(C)c2ccc(OC)cc2)c(C)c(C#N)c1=O. The van der Waals surface area contributed by atoms with Gasteiger partial charge in [-0.3, -0.25) is 9.36 Å². The molecule has 140 valence electrons. The third-order valence-corrected chi connectivity index (χ3v) is 4.27. The van der Waals surface area contributed by atoms with Crippen molar-refractivity contribution < 1.29 is 9.84 Å². The van der Waals surface area contributed by atoms with E-state index >= 15 is 0 Å². The van der Waals surface area contributed by atoms with Crippen molar-refractivity contribution >= 4 is 11.8 Å². The summed E-state index contributed by atoms with van der Waals surface area (Å²) in [5.74, 6) is 0.626. The van der Waals surface area contributed by atoms with Crippen molar-refractivity contribution in [2.45, 2.75) is 26.8 Å². The molecule has 0 saturated carbocycles. The molecule has 0 amide bonds. The first kappa shape index (κ1) is 19.9. The Morgan fingerprint density at radius 1 is 1.33 bits per heavy atom. The van der Waals surface area contributed by atoms with Gasteiger partial charge in [0.25, 0.3) is 5.56 Å². The van der Waals surface area contributed by atoms with E-state index in [1.165, 1.54) is 4.57 Å². The molecule has 0 fully saturated rings. The smallest absolute Gasteiger partial charge is 0.271 e. The highest BCUT2D eigenvalue weighted by Crippen LogP contribution is 2.23. The van der Waals surface area contributed by atoms with Crippen LogP contribution in [-0.4, -0.2) is 23.8 Å². The van der Waals surface area contributed by atoms with Crippen LogP contribution in [0.1, 0.15) is 30.0 Å². The number of rotatable bonds is 6. The molecular weight excluding hydrogens is 342 g/mol. The van der Waals surface area contributed by atoms with Gasteiger partial charge in [-0.05, 0) is 49.2 Å². The zero-order valence-electron chi connectivity index (χ0n) is 16.0. The molecule has 0 aliphatic rings. The maximum absolute atomic E-state index is 12.3. The van der Waals surface area contributed by atoms with E-state index < -0.39 is 5.56 Å². The average molecular weight is 365 g/mol. The number of methoxy groups -OCH3 is 1. The van der Waals surface area contributed by atoms with Crippen molar-refractivity contribution in [3.8, 4) is 17.7 Å². The van der Waals surface area contributed by atoms with Crippen LogP contribution in [0.4, 0.5) is 5.69 Å². The average Bonchev–Trinajstić information content (AvgIpc) is 2.68. The van der Waals surface area contributed by atoms with Gasteiger partial charge >= 0.3 is 0 Å². The van der Waals surface area contributed by atoms with Crippen LogP contribution in [0.2, 0.25) is 0 Å². The van der Waals surface area contributed by atoms with Gasteiger partial charge in [0.05, 0.1) is 7.11 Å². The fourth-order valence-corrected chi connectivity index (χ4v) is 2.70. The number of aromatic hydroxyl groups is 1. The molecule has 0 saturated heterocycles. The van der Waals surface area contributed by atoms with Crippen molar-refractivity contribution in [3.05, 3.63) is 63.2 Å². The number of aromatic nitrogens is 1. The van der Waals surface area contributed by atoms with Gasteiger partial charge in [0.1, 0.15) is 17.4 Å². The molecule has 0 bridgehead atoms. The molecular formula is C21H23N3O3. The summed E-state index contributed by atoms with van der Waals surface area (Å²) < 4.78 is 6.37. The minimum atomic E-state index is -0.467. The maximum atomic E-state index is 12.3. The monoisotopic (exact) mass is 365 g/mol. The molecule has 1 heterocycles. The summed E-state index contributed by atoms with van der Waals surface area (Å²) in [6.45, 7) is 3.89. The van der Waals surface area contributed by atoms with Gasteiger partial charge in [0.2, 0.25) is 5.88 Å². The predicted molar refractivity (Wildman–Crippen MR) is 106 cm³/mol. The van der Waals surface area contributed by atoms with Crippen LogP contribution < -0.4 is 15.2 Å². The summed E-state index contributed by atoms with van der Waals surface area (Å²) in [6, 6.07) is 9.49. The second-order valence-electron chi connectivity index (χ2n) is 6.05. The van der Waals surface area contributed by atoms with Crippen molar-refractivity contribution in [2.75, 3.05) is 19.1 Å². The topological polar surface area (TPSA) is 78.5 Å². The van der Waals surface area contributed by atoms with E-state index in [9.17, 15) is 15.2 Å². The Balaban J connectivity index is 2.42. The lowest BCUT2D eigenvalue weighted by Gasteiger charge is -2.14. The van der Waals surface area contributed by atoms with Crippen molar-refractivity contribution in [3.63, 3.8) is 0 Å². The van der Waals surface area contributed by atoms with Gasteiger partial charge in [0.15, 0.2) is 0 Å². The highest BCUT2D eigenvalue weighted by molar-refractivity contribution is 5.62. The van der Waals surface area contributed by atoms with Gasteiger partial charge in [-0.25, -0.2) is 0 Å². The Morgan fingerprint density at radius 2 is 2.00 bits per heavy atom. The summed E-state index contributed by atoms with van der Waals surface area (Å²) in [7, 11) is 3.48. The van der Waals surface area contributed by atoms with Crippen molar-refractivity contribution in [1.82, 2.24) is 4.57 Å². The molecule has 1 aromatic heterocycles. The molecule has 0 atom stereocenters. The number of pyridine rings is 1. The molecule has 0 aliphatic carbocycles. The fourth-order valence-electron chi connectivity index (χ4n) is 2.70. The Hall–Kier alpha value is -3.42. The molecule has 6 nitrogen and oxygen atoms in total. The quantitative estimate of drug-likeness (QED) is 0.794. The van der Waals surface area contributed by atoms with Crippen molar-refractivity contribution in [1.29, 1.82) is 5.26 Å². The Bertz CT molecular complexity index is 976. The third kappa shape index (κ3) is 4.22. The van der Waals surface area contributed by atoms with E-state index in [1.54, 1.807) is 26.3 Å². The maximum Gasteiger partial charge on any atom is 0.271 e. The van der Waals surface area contributed by atoms with Crippen LogP contribution in [0, 0.1) is 18.3 Å². The largest absolute Gasteiger partial charge is 0.497 e. The lowest BCUT2D eigenvalue weighted by atomic mass is 10.1. The Labute approximate surface area is 158 Å². The fraction of sp³-hybridized carbons (Fsp3) is 0.286. The number of ether oxygens (including phenoxy) is 1. The molecule has 2 rings (SSSR count). The van der Waals surface area contributed by atoms with E-state index in [2.05, 4.69) is 5.73 Å². The zero-order chi connectivity index (χ0) is 20.0. The molecule has 2 aromatic rings. The van der Waals surface area contributed by atoms with Crippen LogP contribution in [0.3, 0.4) is 0 Å². The summed E-state index contributed by atoms with van der Waals surface area (Å²) in [5, 5.41) is 19.8. The molecule has 27 heavy (non-hydrogen) atoms. The standard InChI is InChI=1S/C21H23N3O3/c1-5-12-24-20(25)18(15(2)19(14-22)21(24)26)7-6-13-23(3)16-8-10-17(27-4)11-9-16/h7-11,13,25H,5,12H2,1-4H3. The molecule has 1 N–H and O–H groups in total. The molecule has 1 aromatic carbocycles. The number of benzene rings is 1. The minimum absolute atomic E-state index is 0.0396. The highest BCUT2D eigenvalue weighted by atomic mass is 16.5. The van der Waals surface area contributed by atoms with Crippen molar-refractivity contribution in [2.24, 2.45) is 0 Å². The third-order valence-electron chi connectivity index (χ3n) is 4.27. The number of hydrogen-bond donors (Lipinski definition) is 1. The second-order valence-corrected chi connectivity index (χ2v) is 6.05.